The highest BCUT2D eigenvalue weighted by molar-refractivity contribution is 6.04. The lowest BCUT2D eigenvalue weighted by molar-refractivity contribution is -0.128. The lowest BCUT2D eigenvalue weighted by atomic mass is 9.81. The maximum absolute atomic E-state index is 14.1. The molecule has 1 saturated carbocycles. The van der Waals surface area contributed by atoms with Crippen molar-refractivity contribution in [1.29, 1.82) is 0 Å². The molecule has 0 bridgehead atoms. The van der Waals surface area contributed by atoms with Gasteiger partial charge in [0.15, 0.2) is 0 Å². The first-order chi connectivity index (χ1) is 20.0. The van der Waals surface area contributed by atoms with Crippen LogP contribution in [0.2, 0.25) is 0 Å². The molecule has 2 amide bonds. The quantitative estimate of drug-likeness (QED) is 0.437. The van der Waals surface area contributed by atoms with Crippen molar-refractivity contribution >= 4 is 28.8 Å². The number of aromatic nitrogens is 1. The summed E-state index contributed by atoms with van der Waals surface area (Å²) in [4.78, 5) is 30.6. The normalized spacial score (nSPS) is 22.3. The van der Waals surface area contributed by atoms with Crippen molar-refractivity contribution in [2.45, 2.75) is 76.0 Å². The van der Waals surface area contributed by atoms with Crippen LogP contribution < -0.4 is 5.73 Å². The second kappa shape index (κ2) is 10.8. The average molecular weight is 555 g/mol. The third kappa shape index (κ3) is 4.78. The molecule has 3 aromatic rings. The fraction of sp³-hybridized carbons (Fsp3) is 0.471. The van der Waals surface area contributed by atoms with Gasteiger partial charge in [-0.05, 0) is 67.4 Å². The van der Waals surface area contributed by atoms with E-state index in [4.69, 9.17) is 5.73 Å². The monoisotopic (exact) mass is 554 g/mol. The zero-order valence-electron chi connectivity index (χ0n) is 23.7. The molecule has 7 rings (SSSR count). The number of benzene rings is 2. The van der Waals surface area contributed by atoms with E-state index in [0.717, 1.165) is 59.8 Å². The number of nitrogens with zero attached hydrogens (tertiary/aromatic N) is 3. The molecule has 4 heterocycles. The van der Waals surface area contributed by atoms with E-state index in [-0.39, 0.29) is 5.91 Å². The molecule has 4 aliphatic rings. The molecule has 1 aromatic heterocycles. The van der Waals surface area contributed by atoms with E-state index in [1.165, 1.54) is 30.5 Å². The van der Waals surface area contributed by atoms with E-state index in [9.17, 15) is 14.0 Å². The van der Waals surface area contributed by atoms with Crippen molar-refractivity contribution in [2.75, 3.05) is 26.2 Å². The molecular formula is C34H39FN4O2. The summed E-state index contributed by atoms with van der Waals surface area (Å²) in [7, 11) is 0. The fourth-order valence-electron chi connectivity index (χ4n) is 7.87. The van der Waals surface area contributed by atoms with Gasteiger partial charge in [-0.25, -0.2) is 4.39 Å². The van der Waals surface area contributed by atoms with Crippen LogP contribution in [0.1, 0.15) is 78.8 Å². The number of nitrogens with two attached hydrogens (primary N) is 1. The van der Waals surface area contributed by atoms with Gasteiger partial charge >= 0.3 is 0 Å². The lowest BCUT2D eigenvalue weighted by Crippen LogP contribution is -2.46. The van der Waals surface area contributed by atoms with Crippen LogP contribution in [-0.4, -0.2) is 64.6 Å². The van der Waals surface area contributed by atoms with Crippen LogP contribution in [0.15, 0.2) is 48.0 Å². The minimum atomic E-state index is -0.718. The Morgan fingerprint density at radius 3 is 2.41 bits per heavy atom. The van der Waals surface area contributed by atoms with E-state index in [1.54, 1.807) is 0 Å². The molecule has 3 aliphatic heterocycles. The summed E-state index contributed by atoms with van der Waals surface area (Å²) in [5.74, 6) is 0.0752. The number of alkyl halides is 1. The van der Waals surface area contributed by atoms with Crippen molar-refractivity contribution in [2.24, 2.45) is 5.73 Å². The first-order valence-corrected chi connectivity index (χ1v) is 15.4. The highest BCUT2D eigenvalue weighted by Gasteiger charge is 2.34. The van der Waals surface area contributed by atoms with Crippen LogP contribution in [0, 0.1) is 0 Å². The van der Waals surface area contributed by atoms with E-state index >= 15 is 0 Å². The van der Waals surface area contributed by atoms with Crippen molar-refractivity contribution in [3.63, 3.8) is 0 Å². The summed E-state index contributed by atoms with van der Waals surface area (Å²) in [6.45, 7) is 3.18. The molecule has 6 nitrogen and oxygen atoms in total. The van der Waals surface area contributed by atoms with Crippen LogP contribution in [0.3, 0.4) is 0 Å². The Labute approximate surface area is 241 Å². The first kappa shape index (κ1) is 26.4. The molecule has 3 fully saturated rings. The molecule has 2 saturated heterocycles. The molecule has 214 valence electrons. The second-order valence-electron chi connectivity index (χ2n) is 12.4. The number of rotatable bonds is 4. The molecule has 1 aliphatic carbocycles. The van der Waals surface area contributed by atoms with Gasteiger partial charge in [-0.2, -0.15) is 0 Å². The predicted octanol–water partition coefficient (Wildman–Crippen LogP) is 5.89. The number of hydrogen-bond acceptors (Lipinski definition) is 3. The van der Waals surface area contributed by atoms with Crippen molar-refractivity contribution in [3.8, 4) is 11.3 Å². The van der Waals surface area contributed by atoms with Crippen LogP contribution >= 0.6 is 0 Å². The Bertz CT molecular complexity index is 1530. The number of carbonyl (C=O) groups excluding carboxylic acids is 2. The highest BCUT2D eigenvalue weighted by Crippen LogP contribution is 2.46. The number of likely N-dealkylation sites (tertiary alicyclic amines) is 2. The molecule has 0 spiro atoms. The summed E-state index contributed by atoms with van der Waals surface area (Å²) < 4.78 is 16.1. The summed E-state index contributed by atoms with van der Waals surface area (Å²) in [5.41, 5.74) is 12.7. The SMILES string of the molecule is NC(=O)c1ccc2c(C3CCCCC3)c3n(c2c1)CC(C(=O)N1CCC(N2CC[C@@H](F)C2)CC1)=Cc1ccccc1-3. The fourth-order valence-corrected chi connectivity index (χ4v) is 7.87. The van der Waals surface area contributed by atoms with Gasteiger partial charge in [0.05, 0.1) is 12.2 Å². The number of fused-ring (bicyclic) bond motifs is 5. The Morgan fingerprint density at radius 1 is 0.902 bits per heavy atom. The number of amides is 2. The largest absolute Gasteiger partial charge is 0.366 e. The summed E-state index contributed by atoms with van der Waals surface area (Å²) >= 11 is 0. The molecule has 7 heteroatoms. The molecule has 2 aromatic carbocycles. The van der Waals surface area contributed by atoms with Gasteiger partial charge in [-0.15, -0.1) is 0 Å². The molecule has 0 unspecified atom stereocenters. The Balaban J connectivity index is 1.28. The van der Waals surface area contributed by atoms with Crippen LogP contribution in [0.5, 0.6) is 0 Å². The topological polar surface area (TPSA) is 71.6 Å². The predicted molar refractivity (Wildman–Crippen MR) is 160 cm³/mol. The third-order valence-corrected chi connectivity index (χ3v) is 9.98. The minimum absolute atomic E-state index is 0.0722. The van der Waals surface area contributed by atoms with Crippen molar-refractivity contribution in [1.82, 2.24) is 14.4 Å². The van der Waals surface area contributed by atoms with Crippen LogP contribution in [-0.2, 0) is 11.3 Å². The molecular weight excluding hydrogens is 515 g/mol. The van der Waals surface area contributed by atoms with Gasteiger partial charge in [-0.1, -0.05) is 49.6 Å². The van der Waals surface area contributed by atoms with Gasteiger partial charge < -0.3 is 15.2 Å². The van der Waals surface area contributed by atoms with Gasteiger partial charge in [0.25, 0.3) is 5.91 Å². The molecule has 0 radical (unpaired) electrons. The third-order valence-electron chi connectivity index (χ3n) is 9.98. The number of hydrogen-bond donors (Lipinski definition) is 1. The Morgan fingerprint density at radius 2 is 1.68 bits per heavy atom. The Kier molecular flexibility index (Phi) is 6.93. The van der Waals surface area contributed by atoms with E-state index in [1.807, 2.05) is 23.1 Å². The number of halogens is 1. The zero-order valence-corrected chi connectivity index (χ0v) is 23.7. The zero-order chi connectivity index (χ0) is 28.1. The van der Waals surface area contributed by atoms with E-state index in [2.05, 4.69) is 39.8 Å². The Hall–Kier alpha value is -3.45. The van der Waals surface area contributed by atoms with Gasteiger partial charge in [0, 0.05) is 59.8 Å². The number of primary amides is 1. The first-order valence-electron chi connectivity index (χ1n) is 15.4. The maximum Gasteiger partial charge on any atom is 0.251 e. The smallest absolute Gasteiger partial charge is 0.251 e. The summed E-state index contributed by atoms with van der Waals surface area (Å²) in [6, 6.07) is 14.6. The number of piperidine rings is 1. The number of carbonyl (C=O) groups is 2. The molecule has 41 heavy (non-hydrogen) atoms. The highest BCUT2D eigenvalue weighted by atomic mass is 19.1. The van der Waals surface area contributed by atoms with Gasteiger partial charge in [0.2, 0.25) is 5.91 Å². The average Bonchev–Trinajstić information content (AvgIpc) is 3.52. The van der Waals surface area contributed by atoms with E-state index in [0.29, 0.717) is 50.1 Å². The van der Waals surface area contributed by atoms with Crippen molar-refractivity contribution in [3.05, 3.63) is 64.7 Å². The second-order valence-corrected chi connectivity index (χ2v) is 12.4. The minimum Gasteiger partial charge on any atom is -0.366 e. The van der Waals surface area contributed by atoms with Crippen molar-refractivity contribution < 1.29 is 14.0 Å². The summed E-state index contributed by atoms with van der Waals surface area (Å²) in [5, 5.41) is 1.16. The van der Waals surface area contributed by atoms with E-state index < -0.39 is 12.1 Å². The van der Waals surface area contributed by atoms with Crippen LogP contribution in [0.4, 0.5) is 4.39 Å². The summed E-state index contributed by atoms with van der Waals surface area (Å²) in [6.07, 6.45) is 9.78. The molecule has 1 atom stereocenters. The van der Waals surface area contributed by atoms with Gasteiger partial charge in [-0.3, -0.25) is 14.5 Å². The molecule has 2 N–H and O–H groups in total. The standard InChI is InChI=1S/C34H39FN4O2/c35-26-12-15-38(21-26)27-13-16-37(17-14-27)34(41)25-18-23-8-4-5-9-28(23)32-31(22-6-2-1-3-7-22)29-11-10-24(33(36)40)19-30(29)39(32)20-25/h4-5,8-11,18-19,22,26-27H,1-3,6-7,12-17,20-21H2,(H2,36,40)/t26-/m1/s1. The van der Waals surface area contributed by atoms with Crippen LogP contribution in [0.25, 0.3) is 28.2 Å². The van der Waals surface area contributed by atoms with Gasteiger partial charge in [0.1, 0.15) is 6.17 Å². The lowest BCUT2D eigenvalue weighted by Gasteiger charge is -2.37. The maximum atomic E-state index is 14.1.